The number of rotatable bonds is 3. The molecule has 0 radical (unpaired) electrons. The van der Waals surface area contributed by atoms with Gasteiger partial charge in [-0.15, -0.1) is 11.3 Å². The first-order chi connectivity index (χ1) is 7.97. The number of nitrogens with one attached hydrogen (secondary N) is 1. The standard InChI is InChI=1S/C11H12N2O2S2/c1-8-5-6-11(16-8)17(14,15)13-10-4-2-3-9(12)7-10/h2-7,13H,12H2,1H3. The summed E-state index contributed by atoms with van der Waals surface area (Å²) in [4.78, 5) is 0.956. The van der Waals surface area contributed by atoms with Crippen LogP contribution in [0.15, 0.2) is 40.6 Å². The van der Waals surface area contributed by atoms with E-state index in [2.05, 4.69) is 4.72 Å². The van der Waals surface area contributed by atoms with Gasteiger partial charge >= 0.3 is 0 Å². The van der Waals surface area contributed by atoms with E-state index in [0.29, 0.717) is 15.6 Å². The fourth-order valence-electron chi connectivity index (χ4n) is 1.36. The van der Waals surface area contributed by atoms with Crippen molar-refractivity contribution < 1.29 is 8.42 Å². The van der Waals surface area contributed by atoms with E-state index < -0.39 is 10.0 Å². The van der Waals surface area contributed by atoms with Crippen molar-refractivity contribution in [1.82, 2.24) is 0 Å². The van der Waals surface area contributed by atoms with Crippen LogP contribution < -0.4 is 10.5 Å². The highest BCUT2D eigenvalue weighted by Crippen LogP contribution is 2.23. The molecule has 0 saturated carbocycles. The zero-order valence-electron chi connectivity index (χ0n) is 9.17. The van der Waals surface area contributed by atoms with Crippen LogP contribution in [-0.2, 0) is 10.0 Å². The van der Waals surface area contributed by atoms with E-state index in [0.717, 1.165) is 4.88 Å². The van der Waals surface area contributed by atoms with Gasteiger partial charge in [-0.25, -0.2) is 8.42 Å². The van der Waals surface area contributed by atoms with Crippen LogP contribution in [0.1, 0.15) is 4.88 Å². The lowest BCUT2D eigenvalue weighted by atomic mass is 10.3. The van der Waals surface area contributed by atoms with Crippen molar-refractivity contribution in [3.8, 4) is 0 Å². The summed E-state index contributed by atoms with van der Waals surface area (Å²) in [5, 5.41) is 0. The van der Waals surface area contributed by atoms with E-state index in [1.807, 2.05) is 6.92 Å². The molecule has 0 saturated heterocycles. The highest BCUT2D eigenvalue weighted by molar-refractivity contribution is 7.94. The Morgan fingerprint density at radius 2 is 2.00 bits per heavy atom. The first kappa shape index (κ1) is 11.9. The van der Waals surface area contributed by atoms with Crippen molar-refractivity contribution in [2.45, 2.75) is 11.1 Å². The topological polar surface area (TPSA) is 72.2 Å². The van der Waals surface area contributed by atoms with Gasteiger partial charge in [0.2, 0.25) is 0 Å². The van der Waals surface area contributed by atoms with Gasteiger partial charge in [-0.2, -0.15) is 0 Å². The van der Waals surface area contributed by atoms with Crippen molar-refractivity contribution in [1.29, 1.82) is 0 Å². The van der Waals surface area contributed by atoms with Crippen LogP contribution in [0, 0.1) is 6.92 Å². The van der Waals surface area contributed by atoms with Gasteiger partial charge < -0.3 is 5.73 Å². The Labute approximate surface area is 104 Å². The number of benzene rings is 1. The molecule has 1 aromatic carbocycles. The Balaban J connectivity index is 2.29. The minimum Gasteiger partial charge on any atom is -0.399 e. The number of nitrogens with two attached hydrogens (primary N) is 1. The van der Waals surface area contributed by atoms with Crippen molar-refractivity contribution in [2.75, 3.05) is 10.5 Å². The first-order valence-electron chi connectivity index (χ1n) is 4.92. The molecule has 0 fully saturated rings. The molecule has 0 spiro atoms. The van der Waals surface area contributed by atoms with Crippen LogP contribution in [0.4, 0.5) is 11.4 Å². The second-order valence-corrected chi connectivity index (χ2v) is 6.79. The van der Waals surface area contributed by atoms with E-state index in [4.69, 9.17) is 5.73 Å². The molecule has 2 rings (SSSR count). The number of sulfonamides is 1. The summed E-state index contributed by atoms with van der Waals surface area (Å²) in [6.07, 6.45) is 0. The van der Waals surface area contributed by atoms with Gasteiger partial charge in [0.15, 0.2) is 0 Å². The summed E-state index contributed by atoms with van der Waals surface area (Å²) < 4.78 is 26.8. The molecule has 17 heavy (non-hydrogen) atoms. The molecule has 3 N–H and O–H groups in total. The second kappa shape index (κ2) is 4.38. The number of nitrogen functional groups attached to an aromatic ring is 1. The normalized spacial score (nSPS) is 11.4. The maximum absolute atomic E-state index is 12.0. The Morgan fingerprint density at radius 1 is 1.24 bits per heavy atom. The van der Waals surface area contributed by atoms with E-state index in [9.17, 15) is 8.42 Å². The molecule has 1 aromatic heterocycles. The molecule has 2 aromatic rings. The first-order valence-corrected chi connectivity index (χ1v) is 7.22. The van der Waals surface area contributed by atoms with Crippen LogP contribution >= 0.6 is 11.3 Å². The molecular formula is C11H12N2O2S2. The fourth-order valence-corrected chi connectivity index (χ4v) is 3.70. The van der Waals surface area contributed by atoms with Crippen LogP contribution in [0.25, 0.3) is 0 Å². The lowest BCUT2D eigenvalue weighted by Crippen LogP contribution is -2.11. The third-order valence-electron chi connectivity index (χ3n) is 2.12. The summed E-state index contributed by atoms with van der Waals surface area (Å²) in [5.41, 5.74) is 6.58. The summed E-state index contributed by atoms with van der Waals surface area (Å²) in [5.74, 6) is 0. The second-order valence-electron chi connectivity index (χ2n) is 3.60. The highest BCUT2D eigenvalue weighted by atomic mass is 32.2. The average molecular weight is 268 g/mol. The summed E-state index contributed by atoms with van der Waals surface area (Å²) in [6.45, 7) is 1.87. The average Bonchev–Trinajstić information content (AvgIpc) is 2.65. The SMILES string of the molecule is Cc1ccc(S(=O)(=O)Nc2cccc(N)c2)s1. The van der Waals surface area contributed by atoms with Crippen LogP contribution in [0.2, 0.25) is 0 Å². The molecule has 0 bridgehead atoms. The predicted octanol–water partition coefficient (Wildman–Crippen LogP) is 2.44. The lowest BCUT2D eigenvalue weighted by Gasteiger charge is -2.06. The van der Waals surface area contributed by atoms with Gasteiger partial charge in [0.1, 0.15) is 4.21 Å². The Hall–Kier alpha value is -1.53. The van der Waals surface area contributed by atoms with Gasteiger partial charge in [0.05, 0.1) is 5.69 Å². The monoisotopic (exact) mass is 268 g/mol. The third-order valence-corrected chi connectivity index (χ3v) is 4.99. The zero-order valence-corrected chi connectivity index (χ0v) is 10.8. The highest BCUT2D eigenvalue weighted by Gasteiger charge is 2.15. The van der Waals surface area contributed by atoms with Gasteiger partial charge in [0, 0.05) is 10.6 Å². The fraction of sp³-hybridized carbons (Fsp3) is 0.0909. The van der Waals surface area contributed by atoms with Gasteiger partial charge in [-0.3, -0.25) is 4.72 Å². The molecule has 0 amide bonds. The predicted molar refractivity (Wildman–Crippen MR) is 70.7 cm³/mol. The molecule has 0 unspecified atom stereocenters. The van der Waals surface area contributed by atoms with Crippen molar-refractivity contribution in [2.24, 2.45) is 0 Å². The molecule has 0 atom stereocenters. The molecule has 0 aliphatic rings. The van der Waals surface area contributed by atoms with Crippen LogP contribution in [0.5, 0.6) is 0 Å². The molecule has 6 heteroatoms. The third kappa shape index (κ3) is 2.78. The molecule has 1 heterocycles. The minimum absolute atomic E-state index is 0.303. The smallest absolute Gasteiger partial charge is 0.271 e. The van der Waals surface area contributed by atoms with Crippen molar-refractivity contribution >= 4 is 32.7 Å². The summed E-state index contributed by atoms with van der Waals surface area (Å²) in [6, 6.07) is 10.0. The Kier molecular flexibility index (Phi) is 3.08. The maximum atomic E-state index is 12.0. The molecule has 90 valence electrons. The van der Waals surface area contributed by atoms with E-state index in [-0.39, 0.29) is 0 Å². The quantitative estimate of drug-likeness (QED) is 0.840. The molecule has 0 aliphatic carbocycles. The Bertz CT molecular complexity index is 632. The molecule has 0 aliphatic heterocycles. The maximum Gasteiger partial charge on any atom is 0.271 e. The van der Waals surface area contributed by atoms with Crippen LogP contribution in [-0.4, -0.2) is 8.42 Å². The number of hydrogen-bond donors (Lipinski definition) is 2. The molecular weight excluding hydrogens is 256 g/mol. The molecule has 4 nitrogen and oxygen atoms in total. The number of hydrogen-bond acceptors (Lipinski definition) is 4. The van der Waals surface area contributed by atoms with Gasteiger partial charge in [-0.1, -0.05) is 6.07 Å². The summed E-state index contributed by atoms with van der Waals surface area (Å²) >= 11 is 1.24. The Morgan fingerprint density at radius 3 is 2.59 bits per heavy atom. The minimum atomic E-state index is -3.50. The largest absolute Gasteiger partial charge is 0.399 e. The van der Waals surface area contributed by atoms with Gasteiger partial charge in [-0.05, 0) is 37.3 Å². The van der Waals surface area contributed by atoms with Crippen molar-refractivity contribution in [3.05, 3.63) is 41.3 Å². The lowest BCUT2D eigenvalue weighted by molar-refractivity contribution is 0.603. The van der Waals surface area contributed by atoms with E-state index >= 15 is 0 Å². The van der Waals surface area contributed by atoms with E-state index in [1.165, 1.54) is 11.3 Å². The summed E-state index contributed by atoms with van der Waals surface area (Å²) in [7, 11) is -3.50. The number of anilines is 2. The zero-order chi connectivity index (χ0) is 12.5. The number of thiophene rings is 1. The van der Waals surface area contributed by atoms with E-state index in [1.54, 1.807) is 36.4 Å². The van der Waals surface area contributed by atoms with Crippen LogP contribution in [0.3, 0.4) is 0 Å². The van der Waals surface area contributed by atoms with Gasteiger partial charge in [0.25, 0.3) is 10.0 Å². The van der Waals surface area contributed by atoms with Crippen molar-refractivity contribution in [3.63, 3.8) is 0 Å². The number of aryl methyl sites for hydroxylation is 1.